The number of carboxylic acid groups (broad SMARTS) is 2. The summed E-state index contributed by atoms with van der Waals surface area (Å²) < 4.78 is 10.8. The molecule has 0 saturated carbocycles. The van der Waals surface area contributed by atoms with Gasteiger partial charge in [0.05, 0.1) is 0 Å². The minimum atomic E-state index is -1.25. The van der Waals surface area contributed by atoms with Crippen LogP contribution in [0, 0.1) is 0 Å². The molecule has 35 heavy (non-hydrogen) atoms. The molecular formula is C26H28Na2O7. The summed E-state index contributed by atoms with van der Waals surface area (Å²) in [5.41, 5.74) is 4.20. The molecule has 7 nitrogen and oxygen atoms in total. The Morgan fingerprint density at radius 3 is 1.43 bits per heavy atom. The van der Waals surface area contributed by atoms with Crippen LogP contribution in [0.5, 0.6) is 11.5 Å². The molecule has 2 aliphatic heterocycles. The molecule has 2 N–H and O–H groups in total. The minimum Gasteiger partial charge on any atom is -0.542 e. The van der Waals surface area contributed by atoms with E-state index in [-0.39, 0.29) is 76.1 Å². The van der Waals surface area contributed by atoms with Crippen molar-refractivity contribution < 1.29 is 93.9 Å². The van der Waals surface area contributed by atoms with E-state index in [9.17, 15) is 19.8 Å². The average Bonchev–Trinajstić information content (AvgIpc) is 2.79. The van der Waals surface area contributed by atoms with Crippen molar-refractivity contribution in [1.82, 2.24) is 0 Å². The molecule has 176 valence electrons. The zero-order valence-corrected chi connectivity index (χ0v) is 24.8. The third kappa shape index (κ3) is 8.79. The Morgan fingerprint density at radius 1 is 0.743 bits per heavy atom. The molecule has 0 aromatic heterocycles. The van der Waals surface area contributed by atoms with E-state index in [4.69, 9.17) is 9.47 Å². The van der Waals surface area contributed by atoms with E-state index in [0.717, 1.165) is 47.9 Å². The first kappa shape index (κ1) is 33.4. The summed E-state index contributed by atoms with van der Waals surface area (Å²) in [6.07, 6.45) is 8.08. The van der Waals surface area contributed by atoms with E-state index < -0.39 is 11.9 Å². The Bertz CT molecular complexity index is 992. The van der Waals surface area contributed by atoms with Gasteiger partial charge < -0.3 is 34.8 Å². The largest absolute Gasteiger partial charge is 1.00 e. The van der Waals surface area contributed by atoms with Crippen LogP contribution in [0.3, 0.4) is 0 Å². The molecule has 0 radical (unpaired) electrons. The first-order chi connectivity index (χ1) is 15.4. The number of hydrogen-bond acceptors (Lipinski definition) is 6. The quantitative estimate of drug-likeness (QED) is 0.370. The van der Waals surface area contributed by atoms with Crippen molar-refractivity contribution >= 4 is 11.9 Å². The molecule has 2 aromatic rings. The molecule has 9 heteroatoms. The smallest absolute Gasteiger partial charge is 0.542 e. The third-order valence-corrected chi connectivity index (χ3v) is 5.24. The molecule has 0 aliphatic carbocycles. The van der Waals surface area contributed by atoms with Crippen LogP contribution in [0.4, 0.5) is 0 Å². The Morgan fingerprint density at radius 2 is 1.11 bits per heavy atom. The number of rotatable bonds is 6. The second-order valence-corrected chi connectivity index (χ2v) is 7.63. The van der Waals surface area contributed by atoms with Crippen molar-refractivity contribution in [2.75, 3.05) is 0 Å². The molecular weight excluding hydrogens is 470 g/mol. The van der Waals surface area contributed by atoms with E-state index in [1.54, 1.807) is 12.2 Å². The zero-order chi connectivity index (χ0) is 23.1. The topological polar surface area (TPSA) is 130 Å². The second-order valence-electron chi connectivity index (χ2n) is 7.63. The molecule has 2 aliphatic rings. The van der Waals surface area contributed by atoms with E-state index in [1.165, 1.54) is 0 Å². The maximum Gasteiger partial charge on any atom is 1.00 e. The number of allylic oxidation sites excluding steroid dienone is 2. The van der Waals surface area contributed by atoms with Gasteiger partial charge in [-0.1, -0.05) is 63.1 Å². The van der Waals surface area contributed by atoms with E-state index >= 15 is 0 Å². The number of aryl methyl sites for hydroxylation is 2. The van der Waals surface area contributed by atoms with Crippen LogP contribution in [0.2, 0.25) is 0 Å². The van der Waals surface area contributed by atoms with E-state index in [0.29, 0.717) is 24.3 Å². The van der Waals surface area contributed by atoms with E-state index in [1.807, 2.05) is 36.4 Å². The number of ether oxygens (including phenoxy) is 2. The molecule has 2 heterocycles. The van der Waals surface area contributed by atoms with Crippen LogP contribution in [0.25, 0.3) is 0 Å². The van der Waals surface area contributed by atoms with Crippen molar-refractivity contribution in [2.45, 2.75) is 52.4 Å². The van der Waals surface area contributed by atoms with Crippen LogP contribution in [-0.4, -0.2) is 17.4 Å². The van der Waals surface area contributed by atoms with Crippen molar-refractivity contribution in [3.63, 3.8) is 0 Å². The summed E-state index contributed by atoms with van der Waals surface area (Å²) in [5.74, 6) is -1.25. The number of para-hydroxylation sites is 2. The van der Waals surface area contributed by atoms with E-state index in [2.05, 4.69) is 13.8 Å². The molecule has 0 amide bonds. The van der Waals surface area contributed by atoms with Gasteiger partial charge in [-0.25, -0.2) is 0 Å². The monoisotopic (exact) mass is 498 g/mol. The van der Waals surface area contributed by atoms with Gasteiger partial charge in [0, 0.05) is 0 Å². The molecule has 0 unspecified atom stereocenters. The van der Waals surface area contributed by atoms with Gasteiger partial charge in [-0.3, -0.25) is 0 Å². The molecule has 0 fully saturated rings. The fourth-order valence-corrected chi connectivity index (χ4v) is 3.75. The van der Waals surface area contributed by atoms with Gasteiger partial charge in [-0.2, -0.15) is 0 Å². The van der Waals surface area contributed by atoms with Crippen molar-refractivity contribution in [1.29, 1.82) is 0 Å². The summed E-state index contributed by atoms with van der Waals surface area (Å²) in [6.45, 7) is 4.16. The number of benzene rings is 2. The summed E-state index contributed by atoms with van der Waals surface area (Å²) in [5, 5.41) is 21.5. The summed E-state index contributed by atoms with van der Waals surface area (Å²) in [4.78, 5) is 21.5. The molecule has 0 bridgehead atoms. The van der Waals surface area contributed by atoms with Crippen molar-refractivity contribution in [2.24, 2.45) is 0 Å². The van der Waals surface area contributed by atoms with Gasteiger partial charge in [-0.15, -0.1) is 0 Å². The predicted octanol–water partition coefficient (Wildman–Crippen LogP) is -4.40. The maximum atomic E-state index is 10.7. The summed E-state index contributed by atoms with van der Waals surface area (Å²) in [6, 6.07) is 11.8. The van der Waals surface area contributed by atoms with Crippen LogP contribution in [0.1, 0.15) is 48.9 Å². The number of carbonyl (C=O) groups excluding carboxylic acids is 2. The number of fused-ring (bicyclic) bond motifs is 2. The van der Waals surface area contributed by atoms with Crippen LogP contribution in [-0.2, 0) is 35.3 Å². The Hall–Kier alpha value is -1.58. The average molecular weight is 498 g/mol. The predicted molar refractivity (Wildman–Crippen MR) is 119 cm³/mol. The Labute approximate surface area is 250 Å². The van der Waals surface area contributed by atoms with Crippen molar-refractivity contribution in [3.8, 4) is 11.5 Å². The first-order valence-corrected chi connectivity index (χ1v) is 10.8. The fraction of sp³-hybridized carbons (Fsp3) is 0.308. The standard InChI is InChI=1S/2C13H14O3.2Na.H2O/c2*1-2-4-9-5-3-6-10-7-8-11(13(14)15)16-12(9)10;;;/h2*3,5-6,8H,2,4,7H2,1H3,(H,14,15);;;1H2/q;;2*+1;/p-2. The normalized spacial score (nSPS) is 12.5. The van der Waals surface area contributed by atoms with Gasteiger partial charge in [0.2, 0.25) is 0 Å². The van der Waals surface area contributed by atoms with Crippen LogP contribution >= 0.6 is 0 Å². The summed E-state index contributed by atoms with van der Waals surface area (Å²) in [7, 11) is 0. The van der Waals surface area contributed by atoms with Gasteiger partial charge in [0.25, 0.3) is 0 Å². The molecule has 0 spiro atoms. The molecule has 4 rings (SSSR count). The van der Waals surface area contributed by atoms with Crippen molar-refractivity contribution in [3.05, 3.63) is 82.3 Å². The fourth-order valence-electron chi connectivity index (χ4n) is 3.75. The van der Waals surface area contributed by atoms with Crippen LogP contribution < -0.4 is 78.8 Å². The minimum absolute atomic E-state index is 0. The number of carboxylic acids is 2. The molecule has 2 aromatic carbocycles. The number of carbonyl (C=O) groups is 2. The third-order valence-electron chi connectivity index (χ3n) is 5.24. The molecule has 0 atom stereocenters. The maximum absolute atomic E-state index is 10.7. The summed E-state index contributed by atoms with van der Waals surface area (Å²) >= 11 is 0. The first-order valence-electron chi connectivity index (χ1n) is 10.8. The van der Waals surface area contributed by atoms with Gasteiger partial charge in [0.15, 0.2) is 0 Å². The Kier molecular flexibility index (Phi) is 15.5. The number of aliphatic carboxylic acids is 2. The number of hydrogen-bond donors (Lipinski definition) is 0. The van der Waals surface area contributed by atoms with Gasteiger partial charge in [-0.05, 0) is 60.1 Å². The van der Waals surface area contributed by atoms with Crippen LogP contribution in [0.15, 0.2) is 60.1 Å². The van der Waals surface area contributed by atoms with Gasteiger partial charge in [0.1, 0.15) is 35.0 Å². The Balaban J connectivity index is 0.000000608. The SMILES string of the molecule is CCCc1cccc2c1OC(C(=O)[O-])=CC2.CCCc1cccc2c1OC(C(=O)[O-])=CC2.O.[Na+].[Na+]. The van der Waals surface area contributed by atoms with Gasteiger partial charge >= 0.3 is 59.1 Å². The zero-order valence-electron chi connectivity index (χ0n) is 20.8. The second kappa shape index (κ2) is 16.2. The molecule has 0 saturated heterocycles.